The third-order valence-electron chi connectivity index (χ3n) is 7.88. The number of hydrogen-bond acceptors (Lipinski definition) is 7. The highest BCUT2D eigenvalue weighted by atomic mass is 19.4. The lowest BCUT2D eigenvalue weighted by Gasteiger charge is -2.30. The first kappa shape index (κ1) is 34.1. The van der Waals surface area contributed by atoms with Gasteiger partial charge in [-0.25, -0.2) is 13.8 Å². The van der Waals surface area contributed by atoms with Crippen molar-refractivity contribution in [1.82, 2.24) is 25.6 Å². The lowest BCUT2D eigenvalue weighted by atomic mass is 9.85. The first-order valence-corrected chi connectivity index (χ1v) is 14.7. The Morgan fingerprint density at radius 3 is 2.40 bits per heavy atom. The molecule has 0 spiro atoms. The van der Waals surface area contributed by atoms with Crippen molar-refractivity contribution in [1.29, 1.82) is 0 Å². The first-order valence-electron chi connectivity index (χ1n) is 14.7. The standard InChI is InChI=1S/C29H30F8N6O4/c30-22(31)13-47-26-17(24(44)39-16-6-4-15(5-7-16)28(32,33)34)11-20-23(42-26)43-27(41-20)40-19-10-14(3-8-18(19)29(35,36)37)12-38-25(45)21-2-1-9-46-21/h3,8,10-11,15-16,21-22H,1-2,4-7,9,12-13H2,(H,38,45)(H,39,44)(H2,40,41,42,43)/t15-,16-,21?. The predicted molar refractivity (Wildman–Crippen MR) is 150 cm³/mol. The van der Waals surface area contributed by atoms with Crippen molar-refractivity contribution in [2.24, 2.45) is 5.92 Å². The number of imidazole rings is 1. The average Bonchev–Trinajstić information content (AvgIpc) is 3.67. The largest absolute Gasteiger partial charge is 0.471 e. The average molecular weight is 679 g/mol. The van der Waals surface area contributed by atoms with Crippen LogP contribution in [-0.4, -0.2) is 64.7 Å². The van der Waals surface area contributed by atoms with E-state index in [-0.39, 0.29) is 60.8 Å². The van der Waals surface area contributed by atoms with Gasteiger partial charge in [-0.3, -0.25) is 9.59 Å². The molecular weight excluding hydrogens is 648 g/mol. The Morgan fingerprint density at radius 2 is 1.77 bits per heavy atom. The summed E-state index contributed by atoms with van der Waals surface area (Å²) in [6.07, 6.45) is -11.8. The molecule has 256 valence electrons. The summed E-state index contributed by atoms with van der Waals surface area (Å²) in [5, 5.41) is 7.75. The molecule has 2 aliphatic rings. The van der Waals surface area contributed by atoms with Crippen LogP contribution in [0, 0.1) is 5.92 Å². The molecule has 0 radical (unpaired) electrons. The quantitative estimate of drug-likeness (QED) is 0.193. The summed E-state index contributed by atoms with van der Waals surface area (Å²) in [4.78, 5) is 36.2. The summed E-state index contributed by atoms with van der Waals surface area (Å²) in [5.41, 5.74) is -1.66. The summed E-state index contributed by atoms with van der Waals surface area (Å²) >= 11 is 0. The van der Waals surface area contributed by atoms with Gasteiger partial charge in [0.05, 0.1) is 17.2 Å². The van der Waals surface area contributed by atoms with Gasteiger partial charge in [0.25, 0.3) is 12.3 Å². The Bertz CT molecular complexity index is 1580. The minimum Gasteiger partial charge on any atom is -0.471 e. The van der Waals surface area contributed by atoms with E-state index in [0.717, 1.165) is 18.6 Å². The molecule has 2 amide bonds. The molecule has 1 aliphatic heterocycles. The number of ether oxygens (including phenoxy) is 2. The van der Waals surface area contributed by atoms with Crippen molar-refractivity contribution in [3.8, 4) is 5.88 Å². The van der Waals surface area contributed by atoms with E-state index in [9.17, 15) is 44.7 Å². The topological polar surface area (TPSA) is 130 Å². The van der Waals surface area contributed by atoms with Crippen LogP contribution < -0.4 is 20.7 Å². The van der Waals surface area contributed by atoms with Crippen LogP contribution >= 0.6 is 0 Å². The number of carbonyl (C=O) groups is 2. The highest BCUT2D eigenvalue weighted by molar-refractivity contribution is 5.99. The Hall–Kier alpha value is -4.22. The van der Waals surface area contributed by atoms with E-state index in [4.69, 9.17) is 9.47 Å². The number of nitrogens with zero attached hydrogens (tertiary/aromatic N) is 2. The number of carbonyl (C=O) groups excluding carboxylic acids is 2. The van der Waals surface area contributed by atoms with Crippen LogP contribution in [0.3, 0.4) is 0 Å². The molecule has 5 rings (SSSR count). The Labute approximate surface area is 262 Å². The van der Waals surface area contributed by atoms with E-state index in [2.05, 4.69) is 30.9 Å². The van der Waals surface area contributed by atoms with Crippen LogP contribution in [0.1, 0.15) is 60.0 Å². The highest BCUT2D eigenvalue weighted by Gasteiger charge is 2.41. The van der Waals surface area contributed by atoms with Gasteiger partial charge in [-0.2, -0.15) is 31.3 Å². The number of benzene rings is 1. The van der Waals surface area contributed by atoms with Crippen LogP contribution in [-0.2, 0) is 22.3 Å². The van der Waals surface area contributed by atoms with Gasteiger partial charge in [0.2, 0.25) is 17.7 Å². The zero-order chi connectivity index (χ0) is 33.9. The Kier molecular flexibility index (Phi) is 10.1. The summed E-state index contributed by atoms with van der Waals surface area (Å²) in [7, 11) is 0. The monoisotopic (exact) mass is 678 g/mol. The van der Waals surface area contributed by atoms with Crippen molar-refractivity contribution < 1.29 is 54.2 Å². The second-order valence-corrected chi connectivity index (χ2v) is 11.3. The molecule has 1 saturated heterocycles. The smallest absolute Gasteiger partial charge is 0.418 e. The van der Waals surface area contributed by atoms with Crippen LogP contribution in [0.25, 0.3) is 11.2 Å². The first-order chi connectivity index (χ1) is 22.2. The number of aromatic amines is 1. The van der Waals surface area contributed by atoms with E-state index >= 15 is 0 Å². The maximum absolute atomic E-state index is 13.9. The molecule has 18 heteroatoms. The molecule has 1 unspecified atom stereocenters. The van der Waals surface area contributed by atoms with Crippen LogP contribution in [0.4, 0.5) is 46.8 Å². The van der Waals surface area contributed by atoms with Gasteiger partial charge in [-0.1, -0.05) is 6.07 Å². The summed E-state index contributed by atoms with van der Waals surface area (Å²) in [6.45, 7) is -0.786. The number of rotatable bonds is 10. The molecule has 1 aromatic carbocycles. The molecular formula is C29H30F8N6O4. The minimum absolute atomic E-state index is 0.0356. The SMILES string of the molecule is O=C(N[C@H]1CC[C@H](C(F)(F)F)CC1)c1cc2nc(Nc3cc(CNC(=O)C4CCCO4)ccc3C(F)(F)F)[nH]c2nc1OCC(F)F. The van der Waals surface area contributed by atoms with E-state index in [0.29, 0.717) is 18.6 Å². The zero-order valence-electron chi connectivity index (χ0n) is 24.5. The van der Waals surface area contributed by atoms with Crippen molar-refractivity contribution in [3.63, 3.8) is 0 Å². The summed E-state index contributed by atoms with van der Waals surface area (Å²) in [6, 6.07) is 3.71. The number of H-pyrrole nitrogens is 1. The molecule has 47 heavy (non-hydrogen) atoms. The van der Waals surface area contributed by atoms with Gasteiger partial charge in [-0.05, 0) is 62.3 Å². The third kappa shape index (κ3) is 8.58. The lowest BCUT2D eigenvalue weighted by Crippen LogP contribution is -2.40. The van der Waals surface area contributed by atoms with E-state index in [1.807, 2.05) is 0 Å². The van der Waals surface area contributed by atoms with Crippen molar-refractivity contribution in [2.75, 3.05) is 18.5 Å². The van der Waals surface area contributed by atoms with Gasteiger partial charge in [-0.15, -0.1) is 0 Å². The van der Waals surface area contributed by atoms with E-state index in [1.165, 1.54) is 12.1 Å². The number of amides is 2. The fourth-order valence-electron chi connectivity index (χ4n) is 5.49. The molecule has 3 heterocycles. The van der Waals surface area contributed by atoms with Crippen molar-refractivity contribution in [3.05, 3.63) is 41.0 Å². The molecule has 3 aromatic rings. The normalized spacial score (nSPS) is 20.4. The third-order valence-corrected chi connectivity index (χ3v) is 7.88. The molecule has 2 fully saturated rings. The van der Waals surface area contributed by atoms with E-state index in [1.54, 1.807) is 0 Å². The zero-order valence-corrected chi connectivity index (χ0v) is 24.5. The highest BCUT2D eigenvalue weighted by Crippen LogP contribution is 2.38. The number of halogens is 8. The van der Waals surface area contributed by atoms with Gasteiger partial charge >= 0.3 is 12.4 Å². The molecule has 4 N–H and O–H groups in total. The molecule has 1 aliphatic carbocycles. The van der Waals surface area contributed by atoms with Crippen molar-refractivity contribution in [2.45, 2.75) is 76.0 Å². The van der Waals surface area contributed by atoms with Crippen LogP contribution in [0.5, 0.6) is 5.88 Å². The fourth-order valence-corrected chi connectivity index (χ4v) is 5.49. The van der Waals surface area contributed by atoms with Crippen LogP contribution in [0.2, 0.25) is 0 Å². The summed E-state index contributed by atoms with van der Waals surface area (Å²) in [5.74, 6) is -3.51. The Balaban J connectivity index is 1.37. The summed E-state index contributed by atoms with van der Waals surface area (Å²) < 4.78 is 117. The maximum Gasteiger partial charge on any atom is 0.418 e. The van der Waals surface area contributed by atoms with Gasteiger partial charge in [0, 0.05) is 19.2 Å². The fraction of sp³-hybridized carbons (Fsp3) is 0.517. The van der Waals surface area contributed by atoms with Gasteiger partial charge in [0.1, 0.15) is 17.2 Å². The minimum atomic E-state index is -4.78. The van der Waals surface area contributed by atoms with Crippen molar-refractivity contribution >= 4 is 34.6 Å². The molecule has 1 atom stereocenters. The van der Waals surface area contributed by atoms with Gasteiger partial charge < -0.3 is 30.4 Å². The molecule has 0 bridgehead atoms. The number of fused-ring (bicyclic) bond motifs is 1. The number of aromatic nitrogens is 3. The van der Waals surface area contributed by atoms with Crippen LogP contribution in [0.15, 0.2) is 24.3 Å². The van der Waals surface area contributed by atoms with Gasteiger partial charge in [0.15, 0.2) is 12.3 Å². The molecule has 10 nitrogen and oxygen atoms in total. The number of alkyl halides is 8. The lowest BCUT2D eigenvalue weighted by molar-refractivity contribution is -0.182. The maximum atomic E-state index is 13.9. The number of anilines is 2. The second-order valence-electron chi connectivity index (χ2n) is 11.3. The number of nitrogens with one attached hydrogen (secondary N) is 4. The predicted octanol–water partition coefficient (Wildman–Crippen LogP) is 6.01. The Morgan fingerprint density at radius 1 is 1.02 bits per heavy atom. The molecule has 2 aromatic heterocycles. The van der Waals surface area contributed by atoms with E-state index < -0.39 is 66.5 Å². The molecule has 1 saturated carbocycles. The second kappa shape index (κ2) is 13.9. The number of hydrogen-bond donors (Lipinski definition) is 4. The number of pyridine rings is 1.